The number of hydrogen-bond acceptors (Lipinski definition) is 10. The Balaban J connectivity index is 1.50. The molecule has 2 aliphatic heterocycles. The molecule has 0 saturated heterocycles. The Morgan fingerprint density at radius 3 is 2.29 bits per heavy atom. The summed E-state index contributed by atoms with van der Waals surface area (Å²) < 4.78 is 23.0. The number of hydrogen-bond donors (Lipinski definition) is 6. The summed E-state index contributed by atoms with van der Waals surface area (Å²) in [5.74, 6) is -0.294. The lowest BCUT2D eigenvalue weighted by atomic mass is 9.93. The summed E-state index contributed by atoms with van der Waals surface area (Å²) in [5, 5.41) is 60.8. The molecule has 0 spiro atoms. The number of phenols is 4. The van der Waals surface area contributed by atoms with Gasteiger partial charge >= 0.3 is 0 Å². The van der Waals surface area contributed by atoms with Crippen LogP contribution >= 0.6 is 0 Å². The maximum absolute atomic E-state index is 10.7. The van der Waals surface area contributed by atoms with Gasteiger partial charge < -0.3 is 49.6 Å². The summed E-state index contributed by atoms with van der Waals surface area (Å²) in [6, 6.07) is 10.1. The Hall–Kier alpha value is -4.02. The minimum Gasteiger partial charge on any atom is -0.504 e. The molecule has 5 rings (SSSR count). The van der Waals surface area contributed by atoms with E-state index in [4.69, 9.17) is 18.9 Å². The van der Waals surface area contributed by atoms with E-state index in [0.717, 1.165) is 0 Å². The average Bonchev–Trinajstić information content (AvgIpc) is 2.84. The molecule has 0 saturated carbocycles. The molecule has 4 atom stereocenters. The van der Waals surface area contributed by atoms with Gasteiger partial charge in [0.05, 0.1) is 19.8 Å². The van der Waals surface area contributed by atoms with Crippen LogP contribution in [0.25, 0.3) is 0 Å². The first-order chi connectivity index (χ1) is 16.8. The van der Waals surface area contributed by atoms with E-state index in [1.165, 1.54) is 31.4 Å². The van der Waals surface area contributed by atoms with Crippen molar-refractivity contribution in [3.05, 3.63) is 59.2 Å². The molecular formula is C25H24O10. The topological polar surface area (TPSA) is 158 Å². The maximum Gasteiger partial charge on any atom is 0.203 e. The van der Waals surface area contributed by atoms with Gasteiger partial charge in [-0.15, -0.1) is 0 Å². The van der Waals surface area contributed by atoms with Crippen LogP contribution in [0, 0.1) is 0 Å². The van der Waals surface area contributed by atoms with Crippen molar-refractivity contribution >= 4 is 0 Å². The summed E-state index contributed by atoms with van der Waals surface area (Å²) in [6.45, 7) is -0.411. The highest BCUT2D eigenvalue weighted by Crippen LogP contribution is 2.49. The van der Waals surface area contributed by atoms with Crippen LogP contribution in [0.5, 0.6) is 46.0 Å². The molecule has 6 N–H and O–H groups in total. The van der Waals surface area contributed by atoms with Gasteiger partial charge in [-0.05, 0) is 30.3 Å². The second-order valence-electron chi connectivity index (χ2n) is 8.43. The van der Waals surface area contributed by atoms with Gasteiger partial charge in [-0.25, -0.2) is 0 Å². The maximum atomic E-state index is 10.7. The van der Waals surface area contributed by atoms with Crippen LogP contribution in [0.3, 0.4) is 0 Å². The van der Waals surface area contributed by atoms with Crippen LogP contribution in [0.4, 0.5) is 0 Å². The summed E-state index contributed by atoms with van der Waals surface area (Å²) in [4.78, 5) is 0. The van der Waals surface area contributed by atoms with Crippen molar-refractivity contribution in [2.45, 2.75) is 30.8 Å². The molecule has 3 aromatic carbocycles. The van der Waals surface area contributed by atoms with Gasteiger partial charge in [0, 0.05) is 29.2 Å². The normalized spacial score (nSPS) is 22.7. The Labute approximate surface area is 199 Å². The first kappa shape index (κ1) is 22.8. The van der Waals surface area contributed by atoms with Crippen molar-refractivity contribution in [2.75, 3.05) is 13.7 Å². The van der Waals surface area contributed by atoms with Crippen LogP contribution < -0.4 is 18.9 Å². The molecule has 184 valence electrons. The van der Waals surface area contributed by atoms with E-state index in [9.17, 15) is 30.6 Å². The quantitative estimate of drug-likeness (QED) is 0.304. The van der Waals surface area contributed by atoms with Gasteiger partial charge in [0.2, 0.25) is 5.75 Å². The van der Waals surface area contributed by atoms with Crippen molar-refractivity contribution in [1.82, 2.24) is 0 Å². The van der Waals surface area contributed by atoms with Crippen LogP contribution in [-0.4, -0.2) is 56.6 Å². The fourth-order valence-corrected chi connectivity index (χ4v) is 4.40. The zero-order valence-corrected chi connectivity index (χ0v) is 18.6. The number of aliphatic hydroxyl groups is 2. The molecule has 3 aromatic rings. The Morgan fingerprint density at radius 1 is 0.800 bits per heavy atom. The van der Waals surface area contributed by atoms with Crippen molar-refractivity contribution in [2.24, 2.45) is 0 Å². The van der Waals surface area contributed by atoms with Crippen LogP contribution in [0.15, 0.2) is 42.5 Å². The zero-order valence-electron chi connectivity index (χ0n) is 18.6. The smallest absolute Gasteiger partial charge is 0.203 e. The molecule has 2 heterocycles. The van der Waals surface area contributed by atoms with E-state index in [0.29, 0.717) is 22.4 Å². The van der Waals surface area contributed by atoms with Crippen LogP contribution in [-0.2, 0) is 6.42 Å². The number of aliphatic hydroxyl groups excluding tert-OH is 2. The Morgan fingerprint density at radius 2 is 1.54 bits per heavy atom. The Kier molecular flexibility index (Phi) is 5.62. The Bertz CT molecular complexity index is 1270. The van der Waals surface area contributed by atoms with Crippen molar-refractivity contribution in [1.29, 1.82) is 0 Å². The fourth-order valence-electron chi connectivity index (χ4n) is 4.40. The number of rotatable bonds is 4. The van der Waals surface area contributed by atoms with E-state index < -0.39 is 31.0 Å². The molecule has 0 amide bonds. The summed E-state index contributed by atoms with van der Waals surface area (Å²) >= 11 is 0. The summed E-state index contributed by atoms with van der Waals surface area (Å²) in [7, 11) is 1.41. The van der Waals surface area contributed by atoms with E-state index in [1.54, 1.807) is 18.2 Å². The molecule has 10 nitrogen and oxygen atoms in total. The lowest BCUT2D eigenvalue weighted by molar-refractivity contribution is -0.0151. The van der Waals surface area contributed by atoms with E-state index >= 15 is 0 Å². The van der Waals surface area contributed by atoms with Gasteiger partial charge in [-0.3, -0.25) is 0 Å². The van der Waals surface area contributed by atoms with Gasteiger partial charge in [0.1, 0.15) is 5.75 Å². The lowest BCUT2D eigenvalue weighted by Gasteiger charge is -2.35. The van der Waals surface area contributed by atoms with E-state index in [-0.39, 0.29) is 46.7 Å². The SMILES string of the molecule is COc1cc(C2Oc3cc(C4Oc5cc(O)c(O)cc5CC4O)cc(O)c3OC2CO)ccc1O. The van der Waals surface area contributed by atoms with Crippen molar-refractivity contribution < 1.29 is 49.6 Å². The predicted molar refractivity (Wildman–Crippen MR) is 120 cm³/mol. The van der Waals surface area contributed by atoms with Crippen LogP contribution in [0.1, 0.15) is 28.9 Å². The molecule has 0 aliphatic carbocycles. The molecule has 4 unspecified atom stereocenters. The molecule has 35 heavy (non-hydrogen) atoms. The third-order valence-corrected chi connectivity index (χ3v) is 6.15. The first-order valence-corrected chi connectivity index (χ1v) is 10.9. The zero-order chi connectivity index (χ0) is 24.9. The summed E-state index contributed by atoms with van der Waals surface area (Å²) in [6.07, 6.45) is -3.43. The highest BCUT2D eigenvalue weighted by atomic mass is 16.6. The number of benzene rings is 3. The molecule has 0 aromatic heterocycles. The lowest BCUT2D eigenvalue weighted by Crippen LogP contribution is -2.36. The third kappa shape index (κ3) is 3.96. The van der Waals surface area contributed by atoms with Crippen LogP contribution in [0.2, 0.25) is 0 Å². The van der Waals surface area contributed by atoms with Gasteiger partial charge in [0.25, 0.3) is 0 Å². The number of aromatic hydroxyl groups is 4. The first-order valence-electron chi connectivity index (χ1n) is 10.9. The minimum atomic E-state index is -1.02. The molecule has 0 bridgehead atoms. The minimum absolute atomic E-state index is 0.0306. The molecule has 0 fully saturated rings. The fraction of sp³-hybridized carbons (Fsp3) is 0.280. The highest BCUT2D eigenvalue weighted by Gasteiger charge is 2.37. The van der Waals surface area contributed by atoms with E-state index in [1.807, 2.05) is 0 Å². The third-order valence-electron chi connectivity index (χ3n) is 6.15. The van der Waals surface area contributed by atoms with Crippen molar-refractivity contribution in [3.63, 3.8) is 0 Å². The second-order valence-corrected chi connectivity index (χ2v) is 8.43. The molecule has 10 heteroatoms. The number of phenolic OH excluding ortho intramolecular Hbond substituents is 4. The average molecular weight is 484 g/mol. The monoisotopic (exact) mass is 484 g/mol. The number of methoxy groups -OCH3 is 1. The van der Waals surface area contributed by atoms with Crippen molar-refractivity contribution in [3.8, 4) is 46.0 Å². The second kappa shape index (κ2) is 8.64. The number of fused-ring (bicyclic) bond motifs is 2. The van der Waals surface area contributed by atoms with Gasteiger partial charge in [0.15, 0.2) is 52.8 Å². The summed E-state index contributed by atoms with van der Waals surface area (Å²) in [5.41, 5.74) is 1.48. The van der Waals surface area contributed by atoms with E-state index in [2.05, 4.69) is 0 Å². The van der Waals surface area contributed by atoms with Gasteiger partial charge in [-0.1, -0.05) is 6.07 Å². The predicted octanol–water partition coefficient (Wildman–Crippen LogP) is 2.43. The largest absolute Gasteiger partial charge is 0.504 e. The highest BCUT2D eigenvalue weighted by molar-refractivity contribution is 5.56. The number of ether oxygens (including phenoxy) is 4. The molecule has 2 aliphatic rings. The molecule has 0 radical (unpaired) electrons. The standard InChI is InChI=1S/C25H24O10/c1-32-20-7-11(2-3-14(20)27)24-22(10-26)35-25-18(31)6-13(8-21(25)34-24)23-17(30)5-12-4-15(28)16(29)9-19(12)33-23/h2-4,6-9,17,22-24,26-31H,5,10H2,1H3. The molecular weight excluding hydrogens is 460 g/mol. The van der Waals surface area contributed by atoms with Gasteiger partial charge in [-0.2, -0.15) is 0 Å².